The van der Waals surface area contributed by atoms with E-state index in [0.29, 0.717) is 23.9 Å². The van der Waals surface area contributed by atoms with E-state index in [1.165, 1.54) is 0 Å². The highest BCUT2D eigenvalue weighted by atomic mass is 32.2. The molecule has 7 nitrogen and oxygen atoms in total. The van der Waals surface area contributed by atoms with E-state index < -0.39 is 9.84 Å². The maximum atomic E-state index is 12.5. The van der Waals surface area contributed by atoms with E-state index in [2.05, 4.69) is 15.2 Å². The van der Waals surface area contributed by atoms with Crippen LogP contribution in [0.25, 0.3) is 11.5 Å². The molecule has 2 aromatic rings. The maximum Gasteiger partial charge on any atom is 0.226 e. The Balaban J connectivity index is 1.25. The third kappa shape index (κ3) is 4.44. The van der Waals surface area contributed by atoms with Crippen LogP contribution in [0.4, 0.5) is 0 Å². The van der Waals surface area contributed by atoms with Crippen LogP contribution in [0, 0.1) is 5.92 Å². The van der Waals surface area contributed by atoms with Gasteiger partial charge in [0.2, 0.25) is 11.8 Å². The molecule has 0 spiro atoms. The van der Waals surface area contributed by atoms with Crippen molar-refractivity contribution in [3.8, 4) is 11.5 Å². The zero-order chi connectivity index (χ0) is 19.6. The Labute approximate surface area is 165 Å². The highest BCUT2D eigenvalue weighted by molar-refractivity contribution is 7.91. The first-order valence-electron chi connectivity index (χ1n) is 9.72. The second-order valence-corrected chi connectivity index (χ2v) is 9.82. The lowest BCUT2D eigenvalue weighted by molar-refractivity contribution is -0.126. The number of likely N-dealkylation sites (tertiary alicyclic amines) is 1. The van der Waals surface area contributed by atoms with E-state index >= 15 is 0 Å². The van der Waals surface area contributed by atoms with E-state index in [1.54, 1.807) is 6.26 Å². The SMILES string of the molecule is O=C(NCc1coc(-c2ccccc2)n1)C1CCN([C@H]2CCS(=O)(=O)C2)CC1. The average molecular weight is 404 g/mol. The molecule has 1 N–H and O–H groups in total. The first kappa shape index (κ1) is 19.1. The maximum absolute atomic E-state index is 12.5. The van der Waals surface area contributed by atoms with Gasteiger partial charge in [-0.05, 0) is 44.5 Å². The molecule has 2 fully saturated rings. The number of carbonyl (C=O) groups is 1. The quantitative estimate of drug-likeness (QED) is 0.819. The summed E-state index contributed by atoms with van der Waals surface area (Å²) in [7, 11) is -2.87. The lowest BCUT2D eigenvalue weighted by Gasteiger charge is -2.34. The Morgan fingerprint density at radius 1 is 1.18 bits per heavy atom. The predicted octanol–water partition coefficient (Wildman–Crippen LogP) is 1.86. The van der Waals surface area contributed by atoms with Gasteiger partial charge in [0.25, 0.3) is 0 Å². The number of nitrogens with one attached hydrogen (secondary N) is 1. The zero-order valence-corrected chi connectivity index (χ0v) is 16.5. The van der Waals surface area contributed by atoms with Crippen LogP contribution in [0.3, 0.4) is 0 Å². The fraction of sp³-hybridized carbons (Fsp3) is 0.500. The van der Waals surface area contributed by atoms with Gasteiger partial charge < -0.3 is 9.73 Å². The number of rotatable bonds is 5. The molecule has 1 aromatic carbocycles. The topological polar surface area (TPSA) is 92.5 Å². The van der Waals surface area contributed by atoms with Crippen molar-refractivity contribution in [2.75, 3.05) is 24.6 Å². The molecular weight excluding hydrogens is 378 g/mol. The van der Waals surface area contributed by atoms with Gasteiger partial charge >= 0.3 is 0 Å². The molecule has 0 aliphatic carbocycles. The first-order valence-corrected chi connectivity index (χ1v) is 11.5. The summed E-state index contributed by atoms with van der Waals surface area (Å²) >= 11 is 0. The van der Waals surface area contributed by atoms with Crippen molar-refractivity contribution in [2.24, 2.45) is 5.92 Å². The van der Waals surface area contributed by atoms with Crippen molar-refractivity contribution in [2.45, 2.75) is 31.8 Å². The van der Waals surface area contributed by atoms with Gasteiger partial charge in [-0.15, -0.1) is 0 Å². The van der Waals surface area contributed by atoms with Crippen LogP contribution in [-0.2, 0) is 21.2 Å². The summed E-state index contributed by atoms with van der Waals surface area (Å²) in [6, 6.07) is 9.77. The van der Waals surface area contributed by atoms with Crippen molar-refractivity contribution in [3.05, 3.63) is 42.3 Å². The number of sulfone groups is 1. The second-order valence-electron chi connectivity index (χ2n) is 7.59. The van der Waals surface area contributed by atoms with Crippen molar-refractivity contribution in [1.29, 1.82) is 0 Å². The van der Waals surface area contributed by atoms with Crippen molar-refractivity contribution < 1.29 is 17.6 Å². The number of benzene rings is 1. The number of nitrogens with zero attached hydrogens (tertiary/aromatic N) is 2. The highest BCUT2D eigenvalue weighted by Gasteiger charge is 2.35. The normalized spacial score (nSPS) is 22.9. The average Bonchev–Trinajstić information content (AvgIpc) is 3.33. The summed E-state index contributed by atoms with van der Waals surface area (Å²) in [6.07, 6.45) is 3.81. The Hall–Kier alpha value is -2.19. The fourth-order valence-corrected chi connectivity index (χ4v) is 5.78. The molecule has 28 heavy (non-hydrogen) atoms. The van der Waals surface area contributed by atoms with Crippen LogP contribution < -0.4 is 5.32 Å². The fourth-order valence-electron chi connectivity index (χ4n) is 4.01. The summed E-state index contributed by atoms with van der Waals surface area (Å²) in [5.41, 5.74) is 1.60. The molecule has 8 heteroatoms. The van der Waals surface area contributed by atoms with Gasteiger partial charge in [-0.1, -0.05) is 18.2 Å². The summed E-state index contributed by atoms with van der Waals surface area (Å²) in [6.45, 7) is 1.90. The molecule has 0 unspecified atom stereocenters. The van der Waals surface area contributed by atoms with Gasteiger partial charge in [0.05, 0.1) is 23.7 Å². The lowest BCUT2D eigenvalue weighted by atomic mass is 9.94. The molecule has 0 saturated carbocycles. The minimum absolute atomic E-state index is 0.0305. The number of hydrogen-bond donors (Lipinski definition) is 1. The number of aromatic nitrogens is 1. The van der Waals surface area contributed by atoms with E-state index in [-0.39, 0.29) is 23.6 Å². The van der Waals surface area contributed by atoms with Crippen molar-refractivity contribution in [1.82, 2.24) is 15.2 Å². The van der Waals surface area contributed by atoms with Crippen LogP contribution in [0.1, 0.15) is 25.0 Å². The number of carbonyl (C=O) groups excluding carboxylic acids is 1. The third-order valence-electron chi connectivity index (χ3n) is 5.64. The van der Waals surface area contributed by atoms with Gasteiger partial charge in [0, 0.05) is 17.5 Å². The molecule has 1 atom stereocenters. The highest BCUT2D eigenvalue weighted by Crippen LogP contribution is 2.25. The Bertz CT molecular complexity index is 918. The lowest BCUT2D eigenvalue weighted by Crippen LogP contribution is -2.45. The predicted molar refractivity (Wildman–Crippen MR) is 105 cm³/mol. The van der Waals surface area contributed by atoms with E-state index in [9.17, 15) is 13.2 Å². The summed E-state index contributed by atoms with van der Waals surface area (Å²) in [4.78, 5) is 19.2. The molecule has 1 amide bonds. The number of hydrogen-bond acceptors (Lipinski definition) is 6. The van der Waals surface area contributed by atoms with Gasteiger partial charge in [0.15, 0.2) is 9.84 Å². The van der Waals surface area contributed by atoms with Crippen LogP contribution in [0.2, 0.25) is 0 Å². The Morgan fingerprint density at radius 2 is 1.93 bits per heavy atom. The van der Waals surface area contributed by atoms with Gasteiger partial charge in [-0.3, -0.25) is 9.69 Å². The molecule has 0 bridgehead atoms. The first-order chi connectivity index (χ1) is 13.5. The van der Waals surface area contributed by atoms with E-state index in [4.69, 9.17) is 4.42 Å². The molecule has 150 valence electrons. The van der Waals surface area contributed by atoms with Crippen molar-refractivity contribution in [3.63, 3.8) is 0 Å². The van der Waals surface area contributed by atoms with E-state index in [1.807, 2.05) is 30.3 Å². The largest absolute Gasteiger partial charge is 0.444 e. The van der Waals surface area contributed by atoms with E-state index in [0.717, 1.165) is 37.9 Å². The molecule has 3 heterocycles. The van der Waals surface area contributed by atoms with Gasteiger partial charge in [-0.25, -0.2) is 13.4 Å². The standard InChI is InChI=1S/C20H25N3O4S/c24-19(15-6-9-23(10-7-15)18-8-11-28(25,26)14-18)21-12-17-13-27-20(22-17)16-4-2-1-3-5-16/h1-5,13,15,18H,6-12,14H2,(H,21,24)/t18-/m0/s1. The van der Waals surface area contributed by atoms with Crippen LogP contribution >= 0.6 is 0 Å². The molecule has 2 aliphatic rings. The molecular formula is C20H25N3O4S. The zero-order valence-electron chi connectivity index (χ0n) is 15.7. The summed E-state index contributed by atoms with van der Waals surface area (Å²) < 4.78 is 28.8. The van der Waals surface area contributed by atoms with Gasteiger partial charge in [0.1, 0.15) is 6.26 Å². The summed E-state index contributed by atoms with van der Waals surface area (Å²) in [5, 5.41) is 2.96. The summed E-state index contributed by atoms with van der Waals surface area (Å²) in [5.74, 6) is 1.10. The Kier molecular flexibility index (Phi) is 5.50. The second kappa shape index (κ2) is 8.05. The van der Waals surface area contributed by atoms with Gasteiger partial charge in [-0.2, -0.15) is 0 Å². The molecule has 2 saturated heterocycles. The Morgan fingerprint density at radius 3 is 2.61 bits per heavy atom. The number of oxazole rings is 1. The monoisotopic (exact) mass is 403 g/mol. The van der Waals surface area contributed by atoms with Crippen LogP contribution in [0.5, 0.6) is 0 Å². The van der Waals surface area contributed by atoms with Crippen LogP contribution in [0.15, 0.2) is 41.0 Å². The molecule has 4 rings (SSSR count). The smallest absolute Gasteiger partial charge is 0.226 e. The third-order valence-corrected chi connectivity index (χ3v) is 7.39. The molecule has 1 aromatic heterocycles. The minimum Gasteiger partial charge on any atom is -0.444 e. The molecule has 2 aliphatic heterocycles. The minimum atomic E-state index is -2.87. The number of amides is 1. The van der Waals surface area contributed by atoms with Crippen molar-refractivity contribution >= 4 is 15.7 Å². The molecule has 0 radical (unpaired) electrons. The number of piperidine rings is 1. The van der Waals surface area contributed by atoms with Crippen LogP contribution in [-0.4, -0.2) is 54.8 Å².